The third-order valence-electron chi connectivity index (χ3n) is 5.77. The molecule has 2 N–H and O–H groups in total. The van der Waals surface area contributed by atoms with Gasteiger partial charge in [-0.25, -0.2) is 17.5 Å². The van der Waals surface area contributed by atoms with Crippen LogP contribution in [0.1, 0.15) is 23.1 Å². The van der Waals surface area contributed by atoms with Crippen molar-refractivity contribution in [3.05, 3.63) is 69.2 Å². The summed E-state index contributed by atoms with van der Waals surface area (Å²) in [5.74, 6) is -2.19. The Labute approximate surface area is 240 Å². The van der Waals surface area contributed by atoms with Gasteiger partial charge in [0.05, 0.1) is 12.3 Å². The second kappa shape index (κ2) is 14.7. The fraction of sp³-hybridized carbons (Fsp3) is 0.400. The van der Waals surface area contributed by atoms with Crippen LogP contribution in [-0.4, -0.2) is 86.9 Å². The van der Waals surface area contributed by atoms with Gasteiger partial charge in [0.15, 0.2) is 0 Å². The van der Waals surface area contributed by atoms with Gasteiger partial charge in [-0.3, -0.25) is 9.79 Å². The molecule has 0 unspecified atom stereocenters. The lowest BCUT2D eigenvalue weighted by Gasteiger charge is -2.21. The van der Waals surface area contributed by atoms with Gasteiger partial charge in [-0.15, -0.1) is 0 Å². The molecule has 0 radical (unpaired) electrons. The SMILES string of the molecule is CN(CCc1ccc(C2=NCCN2)cc1)C(=O)CCN(C)S(=O)(=O)Cc1ccc(Cl)cc1Cl.O=C(O)C(F)(F)F. The molecule has 0 fully saturated rings. The van der Waals surface area contributed by atoms with Crippen molar-refractivity contribution in [2.45, 2.75) is 24.8 Å². The number of rotatable bonds is 10. The highest BCUT2D eigenvalue weighted by Gasteiger charge is 2.38. The number of hydrogen-bond acceptors (Lipinski definition) is 6. The minimum absolute atomic E-state index is 0.0977. The molecular weight excluding hydrogens is 596 g/mol. The number of carbonyl (C=O) groups is 2. The fourth-order valence-corrected chi connectivity index (χ4v) is 5.16. The monoisotopic (exact) mass is 624 g/mol. The summed E-state index contributed by atoms with van der Waals surface area (Å²) in [6, 6.07) is 12.8. The molecule has 2 aromatic rings. The number of halogens is 5. The highest BCUT2D eigenvalue weighted by Crippen LogP contribution is 2.23. The molecule has 220 valence electrons. The number of nitrogens with zero attached hydrogens (tertiary/aromatic N) is 3. The summed E-state index contributed by atoms with van der Waals surface area (Å²) in [6.45, 7) is 2.32. The number of sulfonamides is 1. The van der Waals surface area contributed by atoms with Crippen molar-refractivity contribution in [2.75, 3.05) is 40.3 Å². The van der Waals surface area contributed by atoms with Gasteiger partial charge in [0, 0.05) is 55.8 Å². The van der Waals surface area contributed by atoms with Crippen LogP contribution in [0.2, 0.25) is 10.0 Å². The van der Waals surface area contributed by atoms with Gasteiger partial charge >= 0.3 is 12.1 Å². The number of likely N-dealkylation sites (N-methyl/N-ethyl adjacent to an activating group) is 1. The van der Waals surface area contributed by atoms with E-state index in [1.165, 1.54) is 17.4 Å². The van der Waals surface area contributed by atoms with Crippen molar-refractivity contribution in [3.8, 4) is 0 Å². The molecule has 1 aliphatic rings. The lowest BCUT2D eigenvalue weighted by molar-refractivity contribution is -0.192. The summed E-state index contributed by atoms with van der Waals surface area (Å²) in [5, 5.41) is 11.1. The van der Waals surface area contributed by atoms with E-state index in [1.807, 2.05) is 24.3 Å². The Morgan fingerprint density at radius 1 is 1.07 bits per heavy atom. The van der Waals surface area contributed by atoms with Crippen molar-refractivity contribution >= 4 is 50.9 Å². The summed E-state index contributed by atoms with van der Waals surface area (Å²) in [6.07, 6.45) is -4.27. The molecule has 0 saturated heterocycles. The van der Waals surface area contributed by atoms with Gasteiger partial charge in [0.25, 0.3) is 0 Å². The molecule has 15 heteroatoms. The number of alkyl halides is 3. The Kier molecular flexibility index (Phi) is 12.2. The lowest BCUT2D eigenvalue weighted by Crippen LogP contribution is -2.34. The van der Waals surface area contributed by atoms with E-state index in [1.54, 1.807) is 24.1 Å². The Morgan fingerprint density at radius 2 is 1.70 bits per heavy atom. The minimum Gasteiger partial charge on any atom is -0.475 e. The molecule has 3 rings (SSSR count). The molecule has 0 spiro atoms. The number of amides is 1. The summed E-state index contributed by atoms with van der Waals surface area (Å²) in [4.78, 5) is 27.5. The van der Waals surface area contributed by atoms with Gasteiger partial charge in [-0.1, -0.05) is 53.5 Å². The first-order valence-corrected chi connectivity index (χ1v) is 14.3. The van der Waals surface area contributed by atoms with Crippen LogP contribution >= 0.6 is 23.2 Å². The highest BCUT2D eigenvalue weighted by molar-refractivity contribution is 7.88. The predicted molar refractivity (Wildman–Crippen MR) is 147 cm³/mol. The fourth-order valence-electron chi connectivity index (χ4n) is 3.37. The Morgan fingerprint density at radius 3 is 2.23 bits per heavy atom. The van der Waals surface area contributed by atoms with Crippen molar-refractivity contribution in [1.82, 2.24) is 14.5 Å². The van der Waals surface area contributed by atoms with Gasteiger partial charge in [0.2, 0.25) is 15.9 Å². The van der Waals surface area contributed by atoms with Crippen LogP contribution < -0.4 is 5.32 Å². The summed E-state index contributed by atoms with van der Waals surface area (Å²) in [7, 11) is -0.415. The first-order chi connectivity index (χ1) is 18.6. The zero-order valence-corrected chi connectivity index (χ0v) is 24.0. The number of carboxylic acids is 1. The smallest absolute Gasteiger partial charge is 0.475 e. The Balaban J connectivity index is 0.000000708. The average molecular weight is 625 g/mol. The Bertz CT molecular complexity index is 1320. The molecule has 9 nitrogen and oxygen atoms in total. The zero-order chi connectivity index (χ0) is 30.1. The van der Waals surface area contributed by atoms with Crippen LogP contribution in [0, 0.1) is 0 Å². The molecule has 1 amide bonds. The van der Waals surface area contributed by atoms with E-state index >= 15 is 0 Å². The van der Waals surface area contributed by atoms with Crippen LogP contribution in [0.25, 0.3) is 0 Å². The van der Waals surface area contributed by atoms with E-state index < -0.39 is 22.2 Å². The second-order valence-electron chi connectivity index (χ2n) is 8.79. The van der Waals surface area contributed by atoms with Gasteiger partial charge < -0.3 is 15.3 Å². The number of benzene rings is 2. The molecule has 0 aromatic heterocycles. The van der Waals surface area contributed by atoms with Gasteiger partial charge in [0.1, 0.15) is 5.84 Å². The summed E-state index contributed by atoms with van der Waals surface area (Å²) >= 11 is 12.0. The number of nitrogens with one attached hydrogen (secondary N) is 1. The van der Waals surface area contributed by atoms with Crippen LogP contribution in [0.15, 0.2) is 47.5 Å². The van der Waals surface area contributed by atoms with Crippen molar-refractivity contribution in [2.24, 2.45) is 4.99 Å². The van der Waals surface area contributed by atoms with Crippen molar-refractivity contribution < 1.29 is 36.3 Å². The quantitative estimate of drug-likeness (QED) is 0.415. The van der Waals surface area contributed by atoms with Crippen LogP contribution in [0.4, 0.5) is 13.2 Å². The van der Waals surface area contributed by atoms with E-state index in [9.17, 15) is 26.4 Å². The number of aliphatic imine (C=N–C) groups is 1. The van der Waals surface area contributed by atoms with E-state index in [4.69, 9.17) is 33.1 Å². The van der Waals surface area contributed by atoms with E-state index in [-0.39, 0.29) is 24.6 Å². The number of carbonyl (C=O) groups excluding carboxylic acids is 1. The predicted octanol–water partition coefficient (Wildman–Crippen LogP) is 3.83. The number of carboxylic acid groups (broad SMARTS) is 1. The molecule has 2 aromatic carbocycles. The lowest BCUT2D eigenvalue weighted by atomic mass is 10.1. The summed E-state index contributed by atoms with van der Waals surface area (Å²) in [5.41, 5.74) is 2.65. The molecule has 1 aliphatic heterocycles. The zero-order valence-electron chi connectivity index (χ0n) is 21.7. The van der Waals surface area contributed by atoms with Crippen molar-refractivity contribution in [3.63, 3.8) is 0 Å². The third kappa shape index (κ3) is 10.6. The average Bonchev–Trinajstić information content (AvgIpc) is 3.42. The van der Waals surface area contributed by atoms with Gasteiger partial charge in [-0.05, 0) is 29.7 Å². The number of aliphatic carboxylic acids is 1. The second-order valence-corrected chi connectivity index (χ2v) is 11.7. The normalized spacial score (nSPS) is 13.2. The van der Waals surface area contributed by atoms with Gasteiger partial charge in [-0.2, -0.15) is 13.2 Å². The molecular formula is C25H29Cl2F3N4O5S. The minimum atomic E-state index is -5.08. The third-order valence-corrected chi connectivity index (χ3v) is 8.17. The molecule has 40 heavy (non-hydrogen) atoms. The molecule has 0 aliphatic carbocycles. The molecule has 0 bridgehead atoms. The standard InChI is InChI=1S/C23H28Cl2N4O3S.C2HF3O2/c1-28(13-9-17-3-5-18(6-4-17)23-26-11-12-27-23)22(30)10-14-29(2)33(31,32)16-19-7-8-20(24)15-21(19)25;3-2(4,5)1(6)7/h3-8,15H,9-14,16H2,1-2H3,(H,26,27);(H,6,7). The maximum atomic E-state index is 12.6. The largest absolute Gasteiger partial charge is 0.490 e. The van der Waals surface area contributed by atoms with E-state index in [0.717, 1.165) is 30.1 Å². The first kappa shape index (κ1) is 33.3. The van der Waals surface area contributed by atoms with Crippen LogP contribution in [0.5, 0.6) is 0 Å². The van der Waals surface area contributed by atoms with Crippen molar-refractivity contribution in [1.29, 1.82) is 0 Å². The molecule has 0 saturated carbocycles. The number of amidine groups is 1. The van der Waals surface area contributed by atoms with E-state index in [2.05, 4.69) is 10.3 Å². The Hall–Kier alpha value is -2.87. The molecule has 1 heterocycles. The molecule has 0 atom stereocenters. The van der Waals surface area contributed by atoms with Crippen LogP contribution in [0.3, 0.4) is 0 Å². The highest BCUT2D eigenvalue weighted by atomic mass is 35.5. The number of hydrogen-bond donors (Lipinski definition) is 2. The van der Waals surface area contributed by atoms with Crippen LogP contribution in [-0.2, 0) is 31.8 Å². The summed E-state index contributed by atoms with van der Waals surface area (Å²) < 4.78 is 58.2. The first-order valence-electron chi connectivity index (χ1n) is 11.9. The van der Waals surface area contributed by atoms with E-state index in [0.29, 0.717) is 28.6 Å². The maximum Gasteiger partial charge on any atom is 0.490 e. The maximum absolute atomic E-state index is 12.6. The topological polar surface area (TPSA) is 119 Å².